The van der Waals surface area contributed by atoms with Crippen LogP contribution in [-0.2, 0) is 10.8 Å². The van der Waals surface area contributed by atoms with Gasteiger partial charge >= 0.3 is 0 Å². The highest BCUT2D eigenvalue weighted by atomic mass is 32.2. The Kier molecular flexibility index (Phi) is 4.32. The molecule has 0 aromatic heterocycles. The Labute approximate surface area is 96.7 Å². The monoisotopic (exact) mass is 234 g/mol. The van der Waals surface area contributed by atoms with Gasteiger partial charge in [-0.05, 0) is 0 Å². The second kappa shape index (κ2) is 4.93. The number of hydrogen-bond donors (Lipinski definition) is 0. The van der Waals surface area contributed by atoms with Crippen LogP contribution in [0.25, 0.3) is 0 Å². The molecule has 3 aliphatic heterocycles. The number of piperazine rings is 3. The first-order valence-electron chi connectivity index (χ1n) is 6.02. The molecule has 0 aromatic rings. The number of quaternary nitrogens is 2. The molecule has 3 nitrogen and oxygen atoms in total. The summed E-state index contributed by atoms with van der Waals surface area (Å²) in [5.74, 6) is 0.889. The molecule has 1 atom stereocenters. The molecule has 3 saturated heterocycles. The Bertz CT molecular complexity index is 218. The summed E-state index contributed by atoms with van der Waals surface area (Å²) in [5, 5.41) is 0. The van der Waals surface area contributed by atoms with E-state index in [1.165, 1.54) is 43.8 Å². The fourth-order valence-corrected chi connectivity index (χ4v) is 3.77. The SMILES string of the molecule is CC.CS(=O)C[N+]12CC[N+](C)(CC1)CC2. The van der Waals surface area contributed by atoms with E-state index in [4.69, 9.17) is 0 Å². The molecule has 3 heterocycles. The van der Waals surface area contributed by atoms with Crippen LogP contribution in [-0.4, -0.2) is 71.6 Å². The van der Waals surface area contributed by atoms with Crippen molar-refractivity contribution in [1.29, 1.82) is 0 Å². The van der Waals surface area contributed by atoms with E-state index in [0.29, 0.717) is 0 Å². The number of fused-ring (bicyclic) bond motifs is 3. The van der Waals surface area contributed by atoms with Crippen molar-refractivity contribution in [3.8, 4) is 0 Å². The molecule has 0 radical (unpaired) electrons. The molecule has 0 amide bonds. The molecule has 15 heavy (non-hydrogen) atoms. The molecular weight excluding hydrogens is 208 g/mol. The van der Waals surface area contributed by atoms with Gasteiger partial charge in [0.1, 0.15) is 39.3 Å². The van der Waals surface area contributed by atoms with Crippen molar-refractivity contribution in [2.45, 2.75) is 13.8 Å². The Morgan fingerprint density at radius 2 is 1.40 bits per heavy atom. The molecule has 0 N–H and O–H groups in total. The summed E-state index contributed by atoms with van der Waals surface area (Å²) in [5.41, 5.74) is 0. The van der Waals surface area contributed by atoms with Gasteiger partial charge in [-0.2, -0.15) is 0 Å². The highest BCUT2D eigenvalue weighted by Crippen LogP contribution is 2.24. The van der Waals surface area contributed by atoms with Crippen LogP contribution in [0, 0.1) is 0 Å². The van der Waals surface area contributed by atoms with E-state index in [1.54, 1.807) is 0 Å². The summed E-state index contributed by atoms with van der Waals surface area (Å²) in [6, 6.07) is 0. The fraction of sp³-hybridized carbons (Fsp3) is 1.00. The van der Waals surface area contributed by atoms with Gasteiger partial charge in [0.25, 0.3) is 0 Å². The summed E-state index contributed by atoms with van der Waals surface area (Å²) in [7, 11) is 1.73. The van der Waals surface area contributed by atoms with Crippen molar-refractivity contribution < 1.29 is 13.2 Å². The zero-order chi connectivity index (χ0) is 11.5. The molecule has 0 saturated carbocycles. The number of nitrogens with zero attached hydrogens (tertiary/aromatic N) is 2. The predicted molar refractivity (Wildman–Crippen MR) is 65.9 cm³/mol. The zero-order valence-electron chi connectivity index (χ0n) is 10.7. The highest BCUT2D eigenvalue weighted by molar-refractivity contribution is 7.84. The van der Waals surface area contributed by atoms with E-state index in [-0.39, 0.29) is 0 Å². The van der Waals surface area contributed by atoms with Gasteiger partial charge in [0.2, 0.25) is 0 Å². The van der Waals surface area contributed by atoms with Crippen molar-refractivity contribution in [2.75, 3.05) is 58.4 Å². The Morgan fingerprint density at radius 1 is 1.00 bits per heavy atom. The third-order valence-electron chi connectivity index (χ3n) is 3.80. The quantitative estimate of drug-likeness (QED) is 0.641. The van der Waals surface area contributed by atoms with Crippen molar-refractivity contribution in [3.05, 3.63) is 0 Å². The lowest BCUT2D eigenvalue weighted by Gasteiger charge is -2.53. The molecule has 1 unspecified atom stereocenters. The minimum atomic E-state index is -0.626. The van der Waals surface area contributed by atoms with Crippen LogP contribution in [0.2, 0.25) is 0 Å². The molecule has 0 aliphatic carbocycles. The lowest BCUT2D eigenvalue weighted by atomic mass is 10.1. The first-order valence-corrected chi connectivity index (χ1v) is 7.75. The van der Waals surface area contributed by atoms with Gasteiger partial charge in [-0.25, -0.2) is 0 Å². The zero-order valence-corrected chi connectivity index (χ0v) is 11.5. The van der Waals surface area contributed by atoms with Gasteiger partial charge < -0.3 is 4.48 Å². The van der Waals surface area contributed by atoms with E-state index >= 15 is 0 Å². The van der Waals surface area contributed by atoms with Crippen molar-refractivity contribution in [1.82, 2.24) is 0 Å². The Balaban J connectivity index is 0.000000531. The standard InChI is InChI=1S/C9H20N2OS.C2H6/c1-10-3-6-11(7-4-10,8-5-10)9-13(2)12;1-2/h3-9H2,1-2H3;1-2H3/q+2;. The molecule has 0 aromatic carbocycles. The van der Waals surface area contributed by atoms with Crippen molar-refractivity contribution >= 4 is 10.8 Å². The maximum absolute atomic E-state index is 11.3. The maximum Gasteiger partial charge on any atom is 0.155 e. The molecule has 3 aliphatic rings. The van der Waals surface area contributed by atoms with Crippen LogP contribution in [0.15, 0.2) is 0 Å². The summed E-state index contributed by atoms with van der Waals surface area (Å²) < 4.78 is 13.7. The first-order chi connectivity index (χ1) is 7.04. The van der Waals surface area contributed by atoms with Gasteiger partial charge in [-0.15, -0.1) is 0 Å². The van der Waals surface area contributed by atoms with Crippen LogP contribution in [0.4, 0.5) is 0 Å². The molecule has 3 fully saturated rings. The second-order valence-electron chi connectivity index (χ2n) is 5.01. The maximum atomic E-state index is 11.3. The summed E-state index contributed by atoms with van der Waals surface area (Å²) in [4.78, 5) is 0. The van der Waals surface area contributed by atoms with Gasteiger partial charge in [-0.3, -0.25) is 8.69 Å². The molecule has 90 valence electrons. The first kappa shape index (κ1) is 13.1. The van der Waals surface area contributed by atoms with Gasteiger partial charge in [-0.1, -0.05) is 13.8 Å². The van der Waals surface area contributed by atoms with Gasteiger partial charge in [0, 0.05) is 6.26 Å². The van der Waals surface area contributed by atoms with Crippen LogP contribution in [0.5, 0.6) is 0 Å². The van der Waals surface area contributed by atoms with Crippen LogP contribution in [0.1, 0.15) is 13.8 Å². The lowest BCUT2D eigenvalue weighted by Crippen LogP contribution is -2.74. The summed E-state index contributed by atoms with van der Waals surface area (Å²) in [6.07, 6.45) is 1.84. The van der Waals surface area contributed by atoms with Crippen molar-refractivity contribution in [3.63, 3.8) is 0 Å². The predicted octanol–water partition coefficient (Wildman–Crippen LogP) is 0.639. The summed E-state index contributed by atoms with van der Waals surface area (Å²) >= 11 is 0. The number of rotatable bonds is 2. The van der Waals surface area contributed by atoms with E-state index < -0.39 is 10.8 Å². The molecule has 0 spiro atoms. The van der Waals surface area contributed by atoms with Crippen LogP contribution < -0.4 is 0 Å². The molecule has 2 bridgehead atoms. The third-order valence-corrected chi connectivity index (χ3v) is 4.71. The highest BCUT2D eigenvalue weighted by Gasteiger charge is 2.46. The molecule has 3 rings (SSSR count). The normalized spacial score (nSPS) is 40.5. The van der Waals surface area contributed by atoms with E-state index in [2.05, 4.69) is 7.05 Å². The van der Waals surface area contributed by atoms with E-state index in [0.717, 1.165) is 10.4 Å². The van der Waals surface area contributed by atoms with E-state index in [1.807, 2.05) is 20.1 Å². The molecule has 4 heteroatoms. The van der Waals surface area contributed by atoms with E-state index in [9.17, 15) is 4.21 Å². The average molecular weight is 234 g/mol. The van der Waals surface area contributed by atoms with Gasteiger partial charge in [0.15, 0.2) is 5.88 Å². The topological polar surface area (TPSA) is 17.1 Å². The minimum Gasteiger partial charge on any atom is -0.312 e. The molecular formula is C11H26N2OS+2. The fourth-order valence-electron chi connectivity index (χ4n) is 2.61. The van der Waals surface area contributed by atoms with Gasteiger partial charge in [0.05, 0.1) is 17.8 Å². The van der Waals surface area contributed by atoms with Crippen LogP contribution >= 0.6 is 0 Å². The Hall–Kier alpha value is 0.0700. The second-order valence-corrected chi connectivity index (χ2v) is 6.41. The Morgan fingerprint density at radius 3 is 1.73 bits per heavy atom. The number of hydrogen-bond acceptors (Lipinski definition) is 1. The largest absolute Gasteiger partial charge is 0.312 e. The van der Waals surface area contributed by atoms with Crippen molar-refractivity contribution in [2.24, 2.45) is 0 Å². The third kappa shape index (κ3) is 3.02. The summed E-state index contributed by atoms with van der Waals surface area (Å²) in [6.45, 7) is 11.6. The minimum absolute atomic E-state index is 0.626. The lowest BCUT2D eigenvalue weighted by molar-refractivity contribution is -1.07. The average Bonchev–Trinajstić information content (AvgIpc) is 2.23. The van der Waals surface area contributed by atoms with Crippen LogP contribution in [0.3, 0.4) is 0 Å². The smallest absolute Gasteiger partial charge is 0.155 e. The number of likely N-dealkylation sites (N-methyl/N-ethyl adjacent to an activating group) is 1.